The summed E-state index contributed by atoms with van der Waals surface area (Å²) in [6.45, 7) is 7.08. The Labute approximate surface area is 175 Å². The van der Waals surface area contributed by atoms with Crippen LogP contribution in [0.25, 0.3) is 11.0 Å². The van der Waals surface area contributed by atoms with E-state index in [1.165, 1.54) is 11.6 Å². The lowest BCUT2D eigenvalue weighted by Gasteiger charge is -2.16. The van der Waals surface area contributed by atoms with Crippen LogP contribution in [0.2, 0.25) is 5.02 Å². The summed E-state index contributed by atoms with van der Waals surface area (Å²) >= 11 is 6.10. The number of nitrogens with one attached hydrogen (secondary N) is 2. The Morgan fingerprint density at radius 2 is 1.93 bits per heavy atom. The first-order chi connectivity index (χ1) is 13.7. The molecule has 2 aromatic carbocycles. The van der Waals surface area contributed by atoms with E-state index in [4.69, 9.17) is 16.0 Å². The zero-order valence-corrected chi connectivity index (χ0v) is 17.9. The Kier molecular flexibility index (Phi) is 6.40. The van der Waals surface area contributed by atoms with E-state index in [1.54, 1.807) is 12.1 Å². The van der Waals surface area contributed by atoms with Gasteiger partial charge in [-0.05, 0) is 48.2 Å². The molecule has 1 amide bonds. The molecule has 0 bridgehead atoms. The van der Waals surface area contributed by atoms with Gasteiger partial charge in [-0.25, -0.2) is 4.79 Å². The molecule has 0 saturated carbocycles. The fourth-order valence-corrected chi connectivity index (χ4v) is 3.76. The molecule has 0 fully saturated rings. The Morgan fingerprint density at radius 3 is 2.62 bits per heavy atom. The minimum absolute atomic E-state index is 0.137. The molecule has 2 N–H and O–H groups in total. The SMILES string of the molecule is Cc1cc2oc(=O)cc(C[NH+](C)CC(=O)Nc3ccccc3Cl)c2cc1C(C)C. The number of quaternary nitrogens is 1. The molecule has 1 unspecified atom stereocenters. The number of amides is 1. The molecule has 0 aliphatic carbocycles. The second-order valence-electron chi connectivity index (χ2n) is 7.79. The number of carbonyl (C=O) groups is 1. The van der Waals surface area contributed by atoms with Crippen LogP contribution in [0, 0.1) is 6.92 Å². The van der Waals surface area contributed by atoms with Crippen LogP contribution < -0.4 is 15.8 Å². The van der Waals surface area contributed by atoms with Crippen molar-refractivity contribution < 1.29 is 14.1 Å². The highest BCUT2D eigenvalue weighted by atomic mass is 35.5. The average molecular weight is 414 g/mol. The number of para-hydroxylation sites is 1. The molecule has 0 radical (unpaired) electrons. The van der Waals surface area contributed by atoms with Crippen LogP contribution in [-0.2, 0) is 11.3 Å². The largest absolute Gasteiger partial charge is 0.423 e. The highest BCUT2D eigenvalue weighted by molar-refractivity contribution is 6.33. The summed E-state index contributed by atoms with van der Waals surface area (Å²) in [7, 11) is 1.92. The Bertz CT molecular complexity index is 1100. The van der Waals surface area contributed by atoms with Crippen molar-refractivity contribution in [2.24, 2.45) is 0 Å². The number of rotatable bonds is 6. The molecule has 0 spiro atoms. The summed E-state index contributed by atoms with van der Waals surface area (Å²) in [6.07, 6.45) is 0. The van der Waals surface area contributed by atoms with Crippen molar-refractivity contribution in [1.29, 1.82) is 0 Å². The highest BCUT2D eigenvalue weighted by Gasteiger charge is 2.16. The van der Waals surface area contributed by atoms with Crippen LogP contribution in [0.15, 0.2) is 51.7 Å². The Morgan fingerprint density at radius 1 is 1.21 bits per heavy atom. The molecular formula is C23H26ClN2O3+. The van der Waals surface area contributed by atoms with E-state index >= 15 is 0 Å². The maximum atomic E-state index is 12.4. The Balaban J connectivity index is 1.81. The number of hydrogen-bond donors (Lipinski definition) is 2. The third kappa shape index (κ3) is 5.05. The zero-order chi connectivity index (χ0) is 21.1. The molecule has 29 heavy (non-hydrogen) atoms. The number of benzene rings is 2. The van der Waals surface area contributed by atoms with E-state index in [-0.39, 0.29) is 18.1 Å². The van der Waals surface area contributed by atoms with Crippen LogP contribution in [0.3, 0.4) is 0 Å². The first kappa shape index (κ1) is 21.1. The van der Waals surface area contributed by atoms with Crippen molar-refractivity contribution in [3.63, 3.8) is 0 Å². The standard InChI is InChI=1S/C23H25ClN2O3/c1-14(2)17-11-18-16(10-23(28)29-21(18)9-15(17)3)12-26(4)13-22(27)25-20-8-6-5-7-19(20)24/h5-11,14H,12-13H2,1-4H3,(H,25,27)/p+1. The van der Waals surface area contributed by atoms with Gasteiger partial charge in [0.1, 0.15) is 12.1 Å². The first-order valence-electron chi connectivity index (χ1n) is 9.67. The predicted molar refractivity (Wildman–Crippen MR) is 117 cm³/mol. The summed E-state index contributed by atoms with van der Waals surface area (Å²) in [4.78, 5) is 25.4. The van der Waals surface area contributed by atoms with Crippen LogP contribution >= 0.6 is 11.6 Å². The maximum Gasteiger partial charge on any atom is 0.336 e. The van der Waals surface area contributed by atoms with Crippen LogP contribution in [0.1, 0.15) is 36.5 Å². The van der Waals surface area contributed by atoms with E-state index in [1.807, 2.05) is 32.2 Å². The normalized spacial score (nSPS) is 12.3. The van der Waals surface area contributed by atoms with Gasteiger partial charge in [0.2, 0.25) is 0 Å². The average Bonchev–Trinajstić information content (AvgIpc) is 2.62. The monoisotopic (exact) mass is 413 g/mol. The molecule has 0 saturated heterocycles. The summed E-state index contributed by atoms with van der Waals surface area (Å²) in [5.74, 6) is 0.229. The van der Waals surface area contributed by atoms with Gasteiger partial charge in [-0.1, -0.05) is 37.6 Å². The zero-order valence-electron chi connectivity index (χ0n) is 17.1. The van der Waals surface area contributed by atoms with Gasteiger partial charge in [0.15, 0.2) is 6.54 Å². The molecule has 1 heterocycles. The molecule has 5 nitrogen and oxygen atoms in total. The lowest BCUT2D eigenvalue weighted by Crippen LogP contribution is -3.08. The van der Waals surface area contributed by atoms with Gasteiger partial charge >= 0.3 is 5.63 Å². The molecule has 0 aliphatic rings. The topological polar surface area (TPSA) is 63.8 Å². The van der Waals surface area contributed by atoms with Crippen LogP contribution in [0.5, 0.6) is 0 Å². The molecule has 0 aliphatic heterocycles. The highest BCUT2D eigenvalue weighted by Crippen LogP contribution is 2.26. The summed E-state index contributed by atoms with van der Waals surface area (Å²) < 4.78 is 5.41. The predicted octanol–water partition coefficient (Wildman–Crippen LogP) is 3.53. The molecule has 3 aromatic rings. The fourth-order valence-electron chi connectivity index (χ4n) is 3.58. The number of halogens is 1. The number of fused-ring (bicyclic) bond motifs is 1. The number of likely N-dealkylation sites (N-methyl/N-ethyl adjacent to an activating group) is 1. The van der Waals surface area contributed by atoms with E-state index in [9.17, 15) is 9.59 Å². The quantitative estimate of drug-likeness (QED) is 0.607. The van der Waals surface area contributed by atoms with Crippen LogP contribution in [0.4, 0.5) is 5.69 Å². The van der Waals surface area contributed by atoms with E-state index < -0.39 is 0 Å². The van der Waals surface area contributed by atoms with Gasteiger partial charge < -0.3 is 14.6 Å². The lowest BCUT2D eigenvalue weighted by molar-refractivity contribution is -0.885. The van der Waals surface area contributed by atoms with E-state index in [2.05, 4.69) is 25.2 Å². The third-order valence-corrected chi connectivity index (χ3v) is 5.27. The first-order valence-corrected chi connectivity index (χ1v) is 10.1. The summed E-state index contributed by atoms with van der Waals surface area (Å²) in [5, 5.41) is 4.26. The number of hydrogen-bond acceptors (Lipinski definition) is 3. The molecule has 1 atom stereocenters. The van der Waals surface area contributed by atoms with Gasteiger partial charge in [0.25, 0.3) is 5.91 Å². The molecule has 3 rings (SSSR count). The van der Waals surface area contributed by atoms with E-state index in [0.717, 1.165) is 21.4 Å². The second-order valence-corrected chi connectivity index (χ2v) is 8.20. The molecule has 1 aromatic heterocycles. The minimum atomic E-state index is -0.377. The van der Waals surface area contributed by atoms with Gasteiger partial charge in [-0.15, -0.1) is 0 Å². The lowest BCUT2D eigenvalue weighted by atomic mass is 9.95. The van der Waals surface area contributed by atoms with Gasteiger partial charge in [0.05, 0.1) is 17.8 Å². The summed E-state index contributed by atoms with van der Waals surface area (Å²) in [5.41, 5.74) is 4.01. The van der Waals surface area contributed by atoms with Crippen molar-refractivity contribution in [3.8, 4) is 0 Å². The van der Waals surface area contributed by atoms with Gasteiger partial charge in [-0.2, -0.15) is 0 Å². The van der Waals surface area contributed by atoms with Gasteiger partial charge in [-0.3, -0.25) is 4.79 Å². The summed E-state index contributed by atoms with van der Waals surface area (Å²) in [6, 6.07) is 12.7. The van der Waals surface area contributed by atoms with Crippen molar-refractivity contribution in [2.75, 3.05) is 18.9 Å². The minimum Gasteiger partial charge on any atom is -0.423 e. The van der Waals surface area contributed by atoms with Crippen molar-refractivity contribution >= 4 is 34.2 Å². The smallest absolute Gasteiger partial charge is 0.336 e. The molecule has 152 valence electrons. The number of anilines is 1. The van der Waals surface area contributed by atoms with Crippen molar-refractivity contribution in [1.82, 2.24) is 0 Å². The maximum absolute atomic E-state index is 12.4. The van der Waals surface area contributed by atoms with Gasteiger partial charge in [0, 0.05) is 17.0 Å². The van der Waals surface area contributed by atoms with Crippen molar-refractivity contribution in [2.45, 2.75) is 33.2 Å². The number of carbonyl (C=O) groups excluding carboxylic acids is 1. The molecule has 6 heteroatoms. The van der Waals surface area contributed by atoms with Crippen LogP contribution in [-0.4, -0.2) is 19.5 Å². The molecular weight excluding hydrogens is 388 g/mol. The third-order valence-electron chi connectivity index (χ3n) is 4.94. The van der Waals surface area contributed by atoms with Crippen molar-refractivity contribution in [3.05, 3.63) is 74.6 Å². The fraction of sp³-hybridized carbons (Fsp3) is 0.304. The Hall–Kier alpha value is -2.63. The second kappa shape index (κ2) is 8.80. The van der Waals surface area contributed by atoms with E-state index in [0.29, 0.717) is 28.8 Å². The number of aryl methyl sites for hydroxylation is 1.